The number of halogens is 1. The molecule has 0 saturated carbocycles. The van der Waals surface area contributed by atoms with Crippen molar-refractivity contribution in [3.05, 3.63) is 54.1 Å². The molecule has 2 N–H and O–H groups in total. The number of nitrogens with zero attached hydrogens (tertiary/aromatic N) is 3. The van der Waals surface area contributed by atoms with Gasteiger partial charge in [0.15, 0.2) is 5.96 Å². The zero-order valence-electron chi connectivity index (χ0n) is 18.4. The van der Waals surface area contributed by atoms with Crippen molar-refractivity contribution in [1.29, 1.82) is 0 Å². The number of methoxy groups -OCH3 is 1. The number of carbonyl (C=O) groups excluding carboxylic acids is 1. The number of benzene rings is 2. The number of aliphatic imine (C=N–C) groups is 1. The largest absolute Gasteiger partial charge is 0.495 e. The van der Waals surface area contributed by atoms with Crippen molar-refractivity contribution in [2.24, 2.45) is 4.99 Å². The van der Waals surface area contributed by atoms with Gasteiger partial charge in [-0.3, -0.25) is 9.79 Å². The molecule has 2 aromatic carbocycles. The maximum Gasteiger partial charge on any atom is 0.221 e. The summed E-state index contributed by atoms with van der Waals surface area (Å²) in [5, 5.41) is 6.26. The molecule has 168 valence electrons. The number of amides is 1. The number of hydrogen-bond donors (Lipinski definition) is 2. The van der Waals surface area contributed by atoms with Gasteiger partial charge in [-0.1, -0.05) is 24.3 Å². The van der Waals surface area contributed by atoms with Crippen LogP contribution in [0.2, 0.25) is 0 Å². The molecular formula is C23H32IN5O2. The Morgan fingerprint density at radius 3 is 2.35 bits per heavy atom. The van der Waals surface area contributed by atoms with E-state index < -0.39 is 0 Å². The van der Waals surface area contributed by atoms with Gasteiger partial charge in [-0.2, -0.15) is 0 Å². The molecular weight excluding hydrogens is 505 g/mol. The molecule has 0 atom stereocenters. The van der Waals surface area contributed by atoms with Gasteiger partial charge in [0.2, 0.25) is 5.91 Å². The molecule has 1 fully saturated rings. The summed E-state index contributed by atoms with van der Waals surface area (Å²) >= 11 is 0. The van der Waals surface area contributed by atoms with Crippen LogP contribution < -0.4 is 20.3 Å². The molecule has 31 heavy (non-hydrogen) atoms. The molecule has 0 spiro atoms. The molecule has 1 aliphatic heterocycles. The third-order valence-corrected chi connectivity index (χ3v) is 5.19. The highest BCUT2D eigenvalue weighted by Gasteiger charge is 2.21. The van der Waals surface area contributed by atoms with Crippen molar-refractivity contribution in [2.75, 3.05) is 57.1 Å². The maximum atomic E-state index is 11.1. The van der Waals surface area contributed by atoms with E-state index in [-0.39, 0.29) is 29.9 Å². The highest BCUT2D eigenvalue weighted by Crippen LogP contribution is 2.28. The molecule has 7 nitrogen and oxygen atoms in total. The second kappa shape index (κ2) is 12.4. The van der Waals surface area contributed by atoms with Crippen LogP contribution in [-0.2, 0) is 11.2 Å². The van der Waals surface area contributed by atoms with Gasteiger partial charge in [-0.15, -0.1) is 24.0 Å². The fourth-order valence-electron chi connectivity index (χ4n) is 3.66. The van der Waals surface area contributed by atoms with E-state index in [4.69, 9.17) is 4.74 Å². The molecule has 3 rings (SSSR count). The van der Waals surface area contributed by atoms with E-state index in [1.165, 1.54) is 12.5 Å². The molecule has 1 aliphatic rings. The van der Waals surface area contributed by atoms with Gasteiger partial charge in [-0.25, -0.2) is 0 Å². The molecule has 0 unspecified atom stereocenters. The van der Waals surface area contributed by atoms with Crippen LogP contribution in [0.5, 0.6) is 5.75 Å². The maximum absolute atomic E-state index is 11.1. The number of guanidine groups is 1. The average Bonchev–Trinajstić information content (AvgIpc) is 2.77. The smallest absolute Gasteiger partial charge is 0.221 e. The summed E-state index contributed by atoms with van der Waals surface area (Å²) in [5.41, 5.74) is 3.18. The normalized spacial score (nSPS) is 14.0. The Kier molecular flexibility index (Phi) is 9.90. The first-order valence-electron chi connectivity index (χ1n) is 10.3. The summed E-state index contributed by atoms with van der Waals surface area (Å²) in [5.74, 6) is 1.79. The average molecular weight is 537 g/mol. The van der Waals surface area contributed by atoms with Gasteiger partial charge < -0.3 is 25.2 Å². The lowest BCUT2D eigenvalue weighted by Crippen LogP contribution is -2.52. The number of nitrogens with one attached hydrogen (secondary N) is 2. The van der Waals surface area contributed by atoms with Crippen molar-refractivity contribution in [2.45, 2.75) is 13.3 Å². The Labute approximate surface area is 201 Å². The van der Waals surface area contributed by atoms with Crippen LogP contribution >= 0.6 is 24.0 Å². The molecule has 0 aliphatic carbocycles. The van der Waals surface area contributed by atoms with Gasteiger partial charge in [0.1, 0.15) is 5.75 Å². The summed E-state index contributed by atoms with van der Waals surface area (Å²) in [4.78, 5) is 20.2. The number of piperazine rings is 1. The molecule has 1 amide bonds. The fraction of sp³-hybridized carbons (Fsp3) is 0.391. The topological polar surface area (TPSA) is 69.2 Å². The summed E-state index contributed by atoms with van der Waals surface area (Å²) in [7, 11) is 3.55. The number of carbonyl (C=O) groups is 1. The van der Waals surface area contributed by atoms with Gasteiger partial charge >= 0.3 is 0 Å². The van der Waals surface area contributed by atoms with Crippen molar-refractivity contribution >= 4 is 47.2 Å². The molecule has 2 aromatic rings. The van der Waals surface area contributed by atoms with Crippen molar-refractivity contribution < 1.29 is 9.53 Å². The van der Waals surface area contributed by atoms with E-state index in [0.29, 0.717) is 0 Å². The number of para-hydroxylation sites is 2. The minimum absolute atomic E-state index is 0. The van der Waals surface area contributed by atoms with E-state index in [1.807, 2.05) is 49.5 Å². The zero-order chi connectivity index (χ0) is 21.3. The third-order valence-electron chi connectivity index (χ3n) is 5.19. The Morgan fingerprint density at radius 1 is 1.06 bits per heavy atom. The molecule has 8 heteroatoms. The van der Waals surface area contributed by atoms with E-state index in [2.05, 4.69) is 31.5 Å². The first-order chi connectivity index (χ1) is 14.6. The number of ether oxygens (including phenoxy) is 1. The predicted molar refractivity (Wildman–Crippen MR) is 138 cm³/mol. The van der Waals surface area contributed by atoms with Crippen LogP contribution in [0.25, 0.3) is 0 Å². The molecule has 1 saturated heterocycles. The van der Waals surface area contributed by atoms with E-state index in [9.17, 15) is 4.79 Å². The zero-order valence-corrected chi connectivity index (χ0v) is 20.8. The van der Waals surface area contributed by atoms with E-state index in [0.717, 1.165) is 62.2 Å². The lowest BCUT2D eigenvalue weighted by Gasteiger charge is -2.38. The van der Waals surface area contributed by atoms with Crippen LogP contribution in [0.1, 0.15) is 12.5 Å². The second-order valence-corrected chi connectivity index (χ2v) is 7.25. The Balaban J connectivity index is 0.00000341. The van der Waals surface area contributed by atoms with Crippen molar-refractivity contribution in [1.82, 2.24) is 10.2 Å². The molecule has 0 bridgehead atoms. The lowest BCUT2D eigenvalue weighted by molar-refractivity contribution is -0.114. The Morgan fingerprint density at radius 2 is 1.74 bits per heavy atom. The SMILES string of the molecule is CN=C(NCCc1ccc(NC(C)=O)cc1)N1CCN(c2ccccc2OC)CC1.I. The number of hydrogen-bond acceptors (Lipinski definition) is 4. The first-order valence-corrected chi connectivity index (χ1v) is 10.3. The van der Waals surface area contributed by atoms with Crippen molar-refractivity contribution in [3.8, 4) is 5.75 Å². The van der Waals surface area contributed by atoms with Crippen molar-refractivity contribution in [3.63, 3.8) is 0 Å². The molecule has 1 heterocycles. The molecule has 0 radical (unpaired) electrons. The summed E-state index contributed by atoms with van der Waals surface area (Å²) in [6.07, 6.45) is 0.889. The Bertz CT molecular complexity index is 865. The van der Waals surface area contributed by atoms with Gasteiger partial charge in [0.25, 0.3) is 0 Å². The fourth-order valence-corrected chi connectivity index (χ4v) is 3.66. The highest BCUT2D eigenvalue weighted by molar-refractivity contribution is 14.0. The monoisotopic (exact) mass is 537 g/mol. The first kappa shape index (κ1) is 24.8. The second-order valence-electron chi connectivity index (χ2n) is 7.25. The summed E-state index contributed by atoms with van der Waals surface area (Å²) in [6.45, 7) is 5.97. The highest BCUT2D eigenvalue weighted by atomic mass is 127. The van der Waals surface area contributed by atoms with Crippen LogP contribution in [0, 0.1) is 0 Å². The van der Waals surface area contributed by atoms with Crippen LogP contribution in [0.4, 0.5) is 11.4 Å². The minimum atomic E-state index is -0.0565. The Hall–Kier alpha value is -2.49. The number of anilines is 2. The van der Waals surface area contributed by atoms with Gasteiger partial charge in [0.05, 0.1) is 12.8 Å². The quantitative estimate of drug-likeness (QED) is 0.337. The standard InChI is InChI=1S/C23H31N5O2.HI/c1-18(29)26-20-10-8-19(9-11-20)12-13-25-23(24-2)28-16-14-27(15-17-28)21-6-4-5-7-22(21)30-3;/h4-11H,12-17H2,1-3H3,(H,24,25)(H,26,29);1H. The summed E-state index contributed by atoms with van der Waals surface area (Å²) < 4.78 is 5.50. The van der Waals surface area contributed by atoms with Crippen LogP contribution in [-0.4, -0.2) is 63.6 Å². The lowest BCUT2D eigenvalue weighted by atomic mass is 10.1. The number of rotatable bonds is 6. The van der Waals surface area contributed by atoms with E-state index in [1.54, 1.807) is 7.11 Å². The summed E-state index contributed by atoms with van der Waals surface area (Å²) in [6, 6.07) is 16.1. The van der Waals surface area contributed by atoms with Gasteiger partial charge in [-0.05, 0) is 36.2 Å². The van der Waals surface area contributed by atoms with Crippen LogP contribution in [0.15, 0.2) is 53.5 Å². The molecule has 0 aromatic heterocycles. The predicted octanol–water partition coefficient (Wildman–Crippen LogP) is 3.21. The van der Waals surface area contributed by atoms with Crippen LogP contribution in [0.3, 0.4) is 0 Å². The minimum Gasteiger partial charge on any atom is -0.495 e. The third kappa shape index (κ3) is 7.02. The van der Waals surface area contributed by atoms with Gasteiger partial charge in [0, 0.05) is 52.4 Å². The van der Waals surface area contributed by atoms with E-state index >= 15 is 0 Å².